The van der Waals surface area contributed by atoms with Crippen LogP contribution in [0.3, 0.4) is 0 Å². The van der Waals surface area contributed by atoms with Gasteiger partial charge in [0.25, 0.3) is 0 Å². The zero-order valence-electron chi connectivity index (χ0n) is 11.5. The first-order valence-corrected chi connectivity index (χ1v) is 6.86. The Hall–Kier alpha value is -0.220. The summed E-state index contributed by atoms with van der Waals surface area (Å²) in [4.78, 5) is 0. The van der Waals surface area contributed by atoms with Crippen molar-refractivity contribution in [1.82, 2.24) is 0 Å². The van der Waals surface area contributed by atoms with Crippen molar-refractivity contribution < 1.29 is 19.7 Å². The van der Waals surface area contributed by atoms with Gasteiger partial charge in [0.2, 0.25) is 0 Å². The molecule has 2 aliphatic rings. The van der Waals surface area contributed by atoms with Gasteiger partial charge in [0.05, 0.1) is 0 Å². The van der Waals surface area contributed by atoms with E-state index in [1.54, 1.807) is 6.92 Å². The molecular formula is C14H28F2O2. The topological polar surface area (TPSA) is 63.0 Å². The lowest BCUT2D eigenvalue weighted by molar-refractivity contribution is 0.0238. The molecule has 2 saturated carbocycles. The molecule has 0 aromatic heterocycles. The second-order valence-electron chi connectivity index (χ2n) is 6.14. The molecule has 2 atom stereocenters. The molecule has 0 aliphatic heterocycles. The molecule has 2 fully saturated rings. The first-order valence-electron chi connectivity index (χ1n) is 6.86. The maximum absolute atomic E-state index is 13.7. The van der Waals surface area contributed by atoms with Gasteiger partial charge in [-0.3, -0.25) is 0 Å². The van der Waals surface area contributed by atoms with Crippen molar-refractivity contribution >= 4 is 0 Å². The highest BCUT2D eigenvalue weighted by molar-refractivity contribution is 4.88. The van der Waals surface area contributed by atoms with Crippen molar-refractivity contribution in [3.05, 3.63) is 0 Å². The van der Waals surface area contributed by atoms with E-state index in [1.807, 2.05) is 0 Å². The Balaban J connectivity index is 0.00000144. The van der Waals surface area contributed by atoms with Gasteiger partial charge < -0.3 is 11.0 Å². The fourth-order valence-corrected chi connectivity index (χ4v) is 3.47. The van der Waals surface area contributed by atoms with Crippen molar-refractivity contribution in [3.63, 3.8) is 0 Å². The minimum absolute atomic E-state index is 0. The van der Waals surface area contributed by atoms with Crippen LogP contribution >= 0.6 is 0 Å². The maximum Gasteiger partial charge on any atom is 0.106 e. The van der Waals surface area contributed by atoms with Crippen LogP contribution in [0.15, 0.2) is 0 Å². The minimum Gasteiger partial charge on any atom is -0.412 e. The monoisotopic (exact) mass is 266 g/mol. The fourth-order valence-electron chi connectivity index (χ4n) is 3.47. The van der Waals surface area contributed by atoms with Crippen LogP contribution in [0.25, 0.3) is 0 Å². The largest absolute Gasteiger partial charge is 0.412 e. The molecule has 0 spiro atoms. The van der Waals surface area contributed by atoms with Gasteiger partial charge >= 0.3 is 0 Å². The van der Waals surface area contributed by atoms with Crippen molar-refractivity contribution in [2.24, 2.45) is 23.7 Å². The fraction of sp³-hybridized carbons (Fsp3) is 1.00. The molecule has 0 bridgehead atoms. The number of halogens is 2. The van der Waals surface area contributed by atoms with E-state index in [9.17, 15) is 8.78 Å². The molecule has 2 unspecified atom stereocenters. The highest BCUT2D eigenvalue weighted by Gasteiger charge is 2.39. The maximum atomic E-state index is 13.7. The van der Waals surface area contributed by atoms with E-state index in [-0.39, 0.29) is 16.9 Å². The Morgan fingerprint density at radius 3 is 1.61 bits per heavy atom. The molecule has 2 nitrogen and oxygen atoms in total. The summed E-state index contributed by atoms with van der Waals surface area (Å²) in [6.45, 7) is 4.00. The lowest BCUT2D eigenvalue weighted by atomic mass is 9.68. The van der Waals surface area contributed by atoms with Crippen molar-refractivity contribution in [2.75, 3.05) is 0 Å². The lowest BCUT2D eigenvalue weighted by Crippen LogP contribution is -2.37. The zero-order chi connectivity index (χ0) is 11.7. The minimum atomic E-state index is -0.909. The van der Waals surface area contributed by atoms with Crippen LogP contribution in [0.2, 0.25) is 0 Å². The van der Waals surface area contributed by atoms with Gasteiger partial charge in [-0.05, 0) is 43.4 Å². The number of hydrogen-bond donors (Lipinski definition) is 0. The molecule has 0 amide bonds. The van der Waals surface area contributed by atoms with Crippen LogP contribution in [0.5, 0.6) is 0 Å². The van der Waals surface area contributed by atoms with Gasteiger partial charge in [-0.15, -0.1) is 0 Å². The van der Waals surface area contributed by atoms with Crippen LogP contribution in [0.1, 0.15) is 52.4 Å². The molecule has 0 radical (unpaired) electrons. The third-order valence-electron chi connectivity index (χ3n) is 4.92. The Kier molecular flexibility index (Phi) is 7.30. The smallest absolute Gasteiger partial charge is 0.106 e. The molecule has 4 heteroatoms. The van der Waals surface area contributed by atoms with E-state index >= 15 is 0 Å². The van der Waals surface area contributed by atoms with Gasteiger partial charge in [-0.2, -0.15) is 0 Å². The first kappa shape index (κ1) is 17.8. The summed E-state index contributed by atoms with van der Waals surface area (Å²) in [5.74, 6) is 1.36. The summed E-state index contributed by atoms with van der Waals surface area (Å²) in [7, 11) is 0. The zero-order valence-corrected chi connectivity index (χ0v) is 11.5. The second-order valence-corrected chi connectivity index (χ2v) is 6.14. The predicted molar refractivity (Wildman–Crippen MR) is 70.0 cm³/mol. The van der Waals surface area contributed by atoms with Crippen molar-refractivity contribution in [1.29, 1.82) is 0 Å². The van der Waals surface area contributed by atoms with Crippen molar-refractivity contribution in [2.45, 2.75) is 64.7 Å². The summed E-state index contributed by atoms with van der Waals surface area (Å²) in [5, 5.41) is 0. The summed E-state index contributed by atoms with van der Waals surface area (Å²) in [5.41, 5.74) is 0. The van der Waals surface area contributed by atoms with Crippen LogP contribution in [-0.4, -0.2) is 23.3 Å². The molecule has 0 aromatic rings. The van der Waals surface area contributed by atoms with Crippen LogP contribution in [0, 0.1) is 23.7 Å². The molecule has 0 aromatic carbocycles. The van der Waals surface area contributed by atoms with Crippen LogP contribution in [-0.2, 0) is 0 Å². The van der Waals surface area contributed by atoms with Crippen molar-refractivity contribution in [3.8, 4) is 0 Å². The summed E-state index contributed by atoms with van der Waals surface area (Å²) >= 11 is 0. The summed E-state index contributed by atoms with van der Waals surface area (Å²) in [6.07, 6.45) is 4.30. The van der Waals surface area contributed by atoms with Gasteiger partial charge in [0.1, 0.15) is 12.3 Å². The molecule has 0 saturated heterocycles. The van der Waals surface area contributed by atoms with E-state index in [2.05, 4.69) is 6.92 Å². The lowest BCUT2D eigenvalue weighted by Gasteiger charge is -2.39. The van der Waals surface area contributed by atoms with Gasteiger partial charge in [0.15, 0.2) is 0 Å². The Morgan fingerprint density at radius 2 is 1.17 bits per heavy atom. The second kappa shape index (κ2) is 7.39. The average Bonchev–Trinajstić information content (AvgIpc) is 2.26. The third kappa shape index (κ3) is 3.89. The molecule has 2 aliphatic carbocycles. The Bertz CT molecular complexity index is 218. The van der Waals surface area contributed by atoms with E-state index in [0.717, 1.165) is 5.92 Å². The molecular weight excluding hydrogens is 238 g/mol. The molecule has 0 heterocycles. The van der Waals surface area contributed by atoms with Gasteiger partial charge in [-0.1, -0.05) is 26.7 Å². The SMILES string of the molecule is CC1CCC(C2CC(F)C(C)C(F)C2)CC1.O.O. The molecule has 18 heavy (non-hydrogen) atoms. The van der Waals surface area contributed by atoms with E-state index in [1.165, 1.54) is 25.7 Å². The number of alkyl halides is 2. The third-order valence-corrected chi connectivity index (χ3v) is 4.92. The quantitative estimate of drug-likeness (QED) is 0.700. The average molecular weight is 266 g/mol. The first-order chi connectivity index (χ1) is 7.58. The highest BCUT2D eigenvalue weighted by atomic mass is 19.1. The highest BCUT2D eigenvalue weighted by Crippen LogP contribution is 2.42. The van der Waals surface area contributed by atoms with Gasteiger partial charge in [-0.25, -0.2) is 8.78 Å². The molecule has 4 N–H and O–H groups in total. The van der Waals surface area contributed by atoms with Gasteiger partial charge in [0, 0.05) is 5.92 Å². The summed E-state index contributed by atoms with van der Waals surface area (Å²) < 4.78 is 27.3. The normalized spacial score (nSPS) is 44.7. The van der Waals surface area contributed by atoms with Crippen LogP contribution in [0.4, 0.5) is 8.78 Å². The number of rotatable bonds is 1. The Morgan fingerprint density at radius 1 is 0.722 bits per heavy atom. The number of hydrogen-bond acceptors (Lipinski definition) is 0. The molecule has 2 rings (SSSR count). The van der Waals surface area contributed by atoms with E-state index in [0.29, 0.717) is 24.7 Å². The van der Waals surface area contributed by atoms with E-state index in [4.69, 9.17) is 0 Å². The predicted octanol–water partition coefficient (Wildman–Crippen LogP) is 2.89. The van der Waals surface area contributed by atoms with Crippen LogP contribution < -0.4 is 0 Å². The van der Waals surface area contributed by atoms with E-state index < -0.39 is 12.3 Å². The summed E-state index contributed by atoms with van der Waals surface area (Å²) in [6, 6.07) is 0. The molecule has 110 valence electrons. The standard InChI is InChI=1S/C14H24F2.2H2O/c1-9-3-5-11(6-4-9)12-7-13(15)10(2)14(16)8-12;;/h9-14H,3-8H2,1-2H3;2*1H2. The Labute approximate surface area is 109 Å².